The number of hydrogen-bond acceptors (Lipinski definition) is 5. The van der Waals surface area contributed by atoms with Crippen molar-refractivity contribution in [2.45, 2.75) is 0 Å². The highest BCUT2D eigenvalue weighted by Gasteiger charge is 2.17. The summed E-state index contributed by atoms with van der Waals surface area (Å²) >= 11 is 12.5. The number of nitrogens with one attached hydrogen (secondary N) is 2. The molecule has 0 unspecified atom stereocenters. The average Bonchev–Trinajstić information content (AvgIpc) is 2.71. The molecule has 0 atom stereocenters. The molecule has 0 saturated carbocycles. The Kier molecular flexibility index (Phi) is 5.25. The van der Waals surface area contributed by atoms with Gasteiger partial charge in [0.15, 0.2) is 0 Å². The number of anilines is 3. The molecular weight excluding hydrogens is 383 g/mol. The number of nitrogens with zero attached hydrogens (tertiary/aromatic N) is 2. The smallest absolute Gasteiger partial charge is 0.144 e. The molecule has 4 rings (SSSR count). The van der Waals surface area contributed by atoms with E-state index in [1.807, 2.05) is 24.3 Å². The average molecular weight is 403 g/mol. The van der Waals surface area contributed by atoms with Gasteiger partial charge in [-0.15, -0.1) is 0 Å². The maximum Gasteiger partial charge on any atom is 0.144 e. The highest BCUT2D eigenvalue weighted by atomic mass is 35.5. The Morgan fingerprint density at radius 3 is 2.70 bits per heavy atom. The number of hydrogen-bond donors (Lipinski definition) is 2. The number of fused-ring (bicyclic) bond motifs is 1. The lowest BCUT2D eigenvalue weighted by atomic mass is 10.1. The molecule has 0 radical (unpaired) electrons. The molecule has 7 heteroatoms. The second-order valence-corrected chi connectivity index (χ2v) is 7.15. The number of pyridine rings is 1. The Morgan fingerprint density at radius 1 is 1.11 bits per heavy atom. The first-order valence-corrected chi connectivity index (χ1v) is 9.56. The fourth-order valence-electron chi connectivity index (χ4n) is 3.33. The van der Waals surface area contributed by atoms with E-state index in [9.17, 15) is 0 Å². The van der Waals surface area contributed by atoms with Crippen LogP contribution < -0.4 is 20.3 Å². The third-order valence-electron chi connectivity index (χ3n) is 4.72. The third kappa shape index (κ3) is 3.63. The normalized spacial score (nSPS) is 14.4. The number of halogens is 2. The Morgan fingerprint density at radius 2 is 1.93 bits per heavy atom. The van der Waals surface area contributed by atoms with Crippen molar-refractivity contribution in [3.8, 4) is 5.75 Å². The number of rotatable bonds is 4. The van der Waals surface area contributed by atoms with Crippen LogP contribution in [0.25, 0.3) is 10.9 Å². The highest BCUT2D eigenvalue weighted by molar-refractivity contribution is 6.43. The molecule has 0 aliphatic carbocycles. The van der Waals surface area contributed by atoms with Crippen molar-refractivity contribution in [1.29, 1.82) is 0 Å². The summed E-state index contributed by atoms with van der Waals surface area (Å²) in [6.07, 6.45) is 1.77. The van der Waals surface area contributed by atoms with E-state index in [0.717, 1.165) is 59.9 Å². The molecule has 2 aromatic carbocycles. The first kappa shape index (κ1) is 18.2. The lowest BCUT2D eigenvalue weighted by molar-refractivity contribution is 0.413. The SMILES string of the molecule is COc1cc2nccc(Nc3cccc(Cl)c3Cl)c2cc1N1CCNCC1. The minimum absolute atomic E-state index is 0.500. The monoisotopic (exact) mass is 402 g/mol. The van der Waals surface area contributed by atoms with E-state index < -0.39 is 0 Å². The molecule has 3 aromatic rings. The molecule has 2 N–H and O–H groups in total. The number of piperazine rings is 1. The van der Waals surface area contributed by atoms with Crippen LogP contribution in [0.5, 0.6) is 5.75 Å². The van der Waals surface area contributed by atoms with Crippen LogP contribution in [-0.2, 0) is 0 Å². The van der Waals surface area contributed by atoms with Gasteiger partial charge >= 0.3 is 0 Å². The Balaban J connectivity index is 1.80. The molecule has 1 aromatic heterocycles. The lowest BCUT2D eigenvalue weighted by Crippen LogP contribution is -2.43. The zero-order valence-electron chi connectivity index (χ0n) is 14.9. The molecule has 27 heavy (non-hydrogen) atoms. The number of methoxy groups -OCH3 is 1. The third-order valence-corrected chi connectivity index (χ3v) is 5.54. The predicted molar refractivity (Wildman–Crippen MR) is 113 cm³/mol. The molecule has 1 fully saturated rings. The molecular formula is C20H20Cl2N4O. The summed E-state index contributed by atoms with van der Waals surface area (Å²) in [6, 6.07) is 11.6. The van der Waals surface area contributed by atoms with Crippen LogP contribution in [0.3, 0.4) is 0 Å². The van der Waals surface area contributed by atoms with Crippen molar-refractivity contribution < 1.29 is 4.74 Å². The molecule has 140 valence electrons. The van der Waals surface area contributed by atoms with E-state index in [1.165, 1.54) is 0 Å². The summed E-state index contributed by atoms with van der Waals surface area (Å²) in [5.74, 6) is 0.829. The van der Waals surface area contributed by atoms with Gasteiger partial charge in [0.1, 0.15) is 5.75 Å². The number of ether oxygens (including phenoxy) is 1. The summed E-state index contributed by atoms with van der Waals surface area (Å²) in [5.41, 5.74) is 3.60. The van der Waals surface area contributed by atoms with Crippen LogP contribution in [0, 0.1) is 0 Å². The maximum atomic E-state index is 6.35. The fraction of sp³-hybridized carbons (Fsp3) is 0.250. The summed E-state index contributed by atoms with van der Waals surface area (Å²) in [7, 11) is 1.70. The molecule has 0 spiro atoms. The van der Waals surface area contributed by atoms with Gasteiger partial charge < -0.3 is 20.3 Å². The van der Waals surface area contributed by atoms with E-state index in [0.29, 0.717) is 10.0 Å². The summed E-state index contributed by atoms with van der Waals surface area (Å²) in [5, 5.41) is 8.80. The Labute approximate surface area is 168 Å². The largest absolute Gasteiger partial charge is 0.495 e. The van der Waals surface area contributed by atoms with Crippen LogP contribution in [0.4, 0.5) is 17.1 Å². The van der Waals surface area contributed by atoms with Crippen molar-refractivity contribution >= 4 is 51.2 Å². The van der Waals surface area contributed by atoms with Gasteiger partial charge in [-0.1, -0.05) is 29.3 Å². The van der Waals surface area contributed by atoms with Crippen molar-refractivity contribution in [2.75, 3.05) is 43.5 Å². The maximum absolute atomic E-state index is 6.35. The molecule has 1 aliphatic heterocycles. The summed E-state index contributed by atoms with van der Waals surface area (Å²) in [4.78, 5) is 6.84. The van der Waals surface area contributed by atoms with E-state index in [4.69, 9.17) is 27.9 Å². The van der Waals surface area contributed by atoms with Gasteiger partial charge in [0, 0.05) is 49.5 Å². The first-order valence-electron chi connectivity index (χ1n) is 8.81. The van der Waals surface area contributed by atoms with E-state index >= 15 is 0 Å². The molecule has 0 bridgehead atoms. The fourth-order valence-corrected chi connectivity index (χ4v) is 3.68. The molecule has 5 nitrogen and oxygen atoms in total. The standard InChI is InChI=1S/C20H20Cl2N4O/c1-27-19-12-17-13(11-18(19)26-9-7-23-8-10-26)15(5-6-24-17)25-16-4-2-3-14(21)20(16)22/h2-6,11-12,23H,7-10H2,1H3,(H,24,25). The summed E-state index contributed by atoms with van der Waals surface area (Å²) in [6.45, 7) is 3.78. The van der Waals surface area contributed by atoms with Gasteiger partial charge in [-0.25, -0.2) is 0 Å². The second kappa shape index (κ2) is 7.80. The minimum atomic E-state index is 0.500. The number of aromatic nitrogens is 1. The van der Waals surface area contributed by atoms with Crippen molar-refractivity contribution in [1.82, 2.24) is 10.3 Å². The predicted octanol–water partition coefficient (Wildman–Crippen LogP) is 4.70. The number of benzene rings is 2. The molecule has 0 amide bonds. The molecule has 2 heterocycles. The topological polar surface area (TPSA) is 49.4 Å². The van der Waals surface area contributed by atoms with Gasteiger partial charge in [0.2, 0.25) is 0 Å². The second-order valence-electron chi connectivity index (χ2n) is 6.36. The van der Waals surface area contributed by atoms with Crippen LogP contribution in [-0.4, -0.2) is 38.3 Å². The van der Waals surface area contributed by atoms with E-state index in [2.05, 4.69) is 26.6 Å². The zero-order valence-corrected chi connectivity index (χ0v) is 16.4. The molecule has 1 aliphatic rings. The lowest BCUT2D eigenvalue weighted by Gasteiger charge is -2.31. The van der Waals surface area contributed by atoms with Crippen LogP contribution in [0.1, 0.15) is 0 Å². The Bertz CT molecular complexity index is 974. The van der Waals surface area contributed by atoms with Gasteiger partial charge in [-0.3, -0.25) is 4.98 Å². The van der Waals surface area contributed by atoms with E-state index in [-0.39, 0.29) is 0 Å². The summed E-state index contributed by atoms with van der Waals surface area (Å²) < 4.78 is 5.64. The van der Waals surface area contributed by atoms with Crippen LogP contribution >= 0.6 is 23.2 Å². The van der Waals surface area contributed by atoms with E-state index in [1.54, 1.807) is 19.4 Å². The van der Waals surface area contributed by atoms with Gasteiger partial charge in [-0.2, -0.15) is 0 Å². The van der Waals surface area contributed by atoms with Gasteiger partial charge in [-0.05, 0) is 24.3 Å². The first-order chi connectivity index (χ1) is 13.2. The quantitative estimate of drug-likeness (QED) is 0.661. The van der Waals surface area contributed by atoms with Crippen molar-refractivity contribution in [3.63, 3.8) is 0 Å². The Hall–Kier alpha value is -2.21. The van der Waals surface area contributed by atoms with Gasteiger partial charge in [0.05, 0.1) is 34.0 Å². The van der Waals surface area contributed by atoms with Crippen molar-refractivity contribution in [2.24, 2.45) is 0 Å². The van der Waals surface area contributed by atoms with Crippen LogP contribution in [0.15, 0.2) is 42.6 Å². The van der Waals surface area contributed by atoms with Crippen molar-refractivity contribution in [3.05, 3.63) is 52.6 Å². The van der Waals surface area contributed by atoms with Crippen LogP contribution in [0.2, 0.25) is 10.0 Å². The van der Waals surface area contributed by atoms with Gasteiger partial charge in [0.25, 0.3) is 0 Å². The zero-order chi connectivity index (χ0) is 18.8. The highest BCUT2D eigenvalue weighted by Crippen LogP contribution is 2.38. The molecule has 1 saturated heterocycles. The minimum Gasteiger partial charge on any atom is -0.495 e.